The van der Waals surface area contributed by atoms with Gasteiger partial charge < -0.3 is 4.90 Å². The van der Waals surface area contributed by atoms with Crippen molar-refractivity contribution in [3.05, 3.63) is 69.8 Å². The van der Waals surface area contributed by atoms with Gasteiger partial charge in [0.2, 0.25) is 0 Å². The van der Waals surface area contributed by atoms with Crippen molar-refractivity contribution in [1.29, 1.82) is 0 Å². The summed E-state index contributed by atoms with van der Waals surface area (Å²) in [6.45, 7) is -0.0181. The Morgan fingerprint density at radius 3 is 2.44 bits per heavy atom. The fourth-order valence-corrected chi connectivity index (χ4v) is 3.30. The smallest absolute Gasteiger partial charge is 0.365 e. The number of nitrogens with zero attached hydrogens (tertiary/aromatic N) is 2. The predicted molar refractivity (Wildman–Crippen MR) is 94.0 cm³/mol. The number of ketones is 1. The second kappa shape index (κ2) is 7.38. The Balaban J connectivity index is 1.93. The molecule has 0 amide bonds. The Hall–Kier alpha value is -2.90. The molecule has 142 valence electrons. The Morgan fingerprint density at radius 1 is 1.11 bits per heavy atom. The van der Waals surface area contributed by atoms with Crippen molar-refractivity contribution in [2.45, 2.75) is 19.0 Å². The van der Waals surface area contributed by atoms with Crippen LogP contribution in [0.4, 0.5) is 24.5 Å². The van der Waals surface area contributed by atoms with Crippen molar-refractivity contribution in [3.8, 4) is 0 Å². The number of benzene rings is 2. The third kappa shape index (κ3) is 4.10. The largest absolute Gasteiger partial charge is 0.393 e. The van der Waals surface area contributed by atoms with E-state index in [2.05, 4.69) is 0 Å². The number of halogens is 3. The molecule has 1 aliphatic rings. The highest BCUT2D eigenvalue weighted by Gasteiger charge is 2.42. The van der Waals surface area contributed by atoms with Crippen LogP contribution in [0.25, 0.3) is 0 Å². The number of nitro benzene ring substituents is 1. The van der Waals surface area contributed by atoms with Crippen LogP contribution in [0.15, 0.2) is 48.5 Å². The van der Waals surface area contributed by atoms with Crippen LogP contribution in [0.5, 0.6) is 0 Å². The van der Waals surface area contributed by atoms with Crippen molar-refractivity contribution >= 4 is 17.2 Å². The second-order valence-corrected chi connectivity index (χ2v) is 6.48. The average molecular weight is 378 g/mol. The molecule has 27 heavy (non-hydrogen) atoms. The van der Waals surface area contributed by atoms with Gasteiger partial charge in [-0.3, -0.25) is 14.9 Å². The number of nitro groups is 1. The van der Waals surface area contributed by atoms with Crippen molar-refractivity contribution in [3.63, 3.8) is 0 Å². The summed E-state index contributed by atoms with van der Waals surface area (Å²) in [4.78, 5) is 24.7. The van der Waals surface area contributed by atoms with Crippen molar-refractivity contribution < 1.29 is 22.9 Å². The van der Waals surface area contributed by atoms with E-state index in [1.54, 1.807) is 30.3 Å². The van der Waals surface area contributed by atoms with Gasteiger partial charge in [-0.05, 0) is 25.0 Å². The summed E-state index contributed by atoms with van der Waals surface area (Å²) in [5, 5.41) is 11.5. The highest BCUT2D eigenvalue weighted by Crippen LogP contribution is 2.38. The van der Waals surface area contributed by atoms with Gasteiger partial charge in [-0.25, -0.2) is 0 Å². The molecule has 3 rings (SSSR count). The highest BCUT2D eigenvalue weighted by atomic mass is 19.4. The van der Waals surface area contributed by atoms with Gasteiger partial charge in [-0.2, -0.15) is 13.2 Å². The molecule has 2 aromatic carbocycles. The second-order valence-electron chi connectivity index (χ2n) is 6.48. The molecule has 8 heteroatoms. The molecular weight excluding hydrogens is 361 g/mol. The summed E-state index contributed by atoms with van der Waals surface area (Å²) in [7, 11) is 0. The van der Waals surface area contributed by atoms with E-state index in [-0.39, 0.29) is 35.7 Å². The van der Waals surface area contributed by atoms with Crippen LogP contribution in [0, 0.1) is 16.0 Å². The molecule has 1 heterocycles. The summed E-state index contributed by atoms with van der Waals surface area (Å²) >= 11 is 0. The zero-order chi connectivity index (χ0) is 19.6. The monoisotopic (exact) mass is 378 g/mol. The van der Waals surface area contributed by atoms with E-state index in [1.807, 2.05) is 0 Å². The molecule has 1 fully saturated rings. The van der Waals surface area contributed by atoms with Gasteiger partial charge in [0.15, 0.2) is 5.78 Å². The number of hydrogen-bond donors (Lipinski definition) is 0. The maximum absolute atomic E-state index is 13.0. The third-order valence-corrected chi connectivity index (χ3v) is 4.70. The van der Waals surface area contributed by atoms with E-state index in [0.29, 0.717) is 18.5 Å². The van der Waals surface area contributed by atoms with Gasteiger partial charge >= 0.3 is 6.18 Å². The minimum absolute atomic E-state index is 0.0123. The van der Waals surface area contributed by atoms with Gasteiger partial charge in [0.1, 0.15) is 5.69 Å². The van der Waals surface area contributed by atoms with E-state index in [0.717, 1.165) is 6.07 Å². The van der Waals surface area contributed by atoms with Crippen molar-refractivity contribution in [2.75, 3.05) is 18.0 Å². The molecule has 0 N–H and O–H groups in total. The van der Waals surface area contributed by atoms with Crippen LogP contribution in [-0.2, 0) is 0 Å². The van der Waals surface area contributed by atoms with Crippen LogP contribution >= 0.6 is 0 Å². The number of alkyl halides is 3. The van der Waals surface area contributed by atoms with Gasteiger partial charge in [0, 0.05) is 30.3 Å². The minimum atomic E-state index is -4.34. The number of carbonyl (C=O) groups excluding carboxylic acids is 1. The first-order chi connectivity index (χ1) is 12.8. The van der Waals surface area contributed by atoms with Crippen LogP contribution in [0.3, 0.4) is 0 Å². The average Bonchev–Trinajstić information content (AvgIpc) is 2.67. The maximum atomic E-state index is 13.0. The zero-order valence-corrected chi connectivity index (χ0v) is 14.3. The maximum Gasteiger partial charge on any atom is 0.393 e. The Bertz CT molecular complexity index is 853. The number of rotatable bonds is 4. The molecule has 0 aromatic heterocycles. The Morgan fingerprint density at radius 2 is 1.81 bits per heavy atom. The highest BCUT2D eigenvalue weighted by molar-refractivity contribution is 6.09. The lowest BCUT2D eigenvalue weighted by Crippen LogP contribution is -2.42. The predicted octanol–water partition coefficient (Wildman–Crippen LogP) is 4.60. The topological polar surface area (TPSA) is 63.5 Å². The minimum Gasteiger partial charge on any atom is -0.365 e. The molecule has 0 radical (unpaired) electrons. The number of anilines is 1. The first-order valence-electron chi connectivity index (χ1n) is 8.47. The standard InChI is InChI=1S/C19H17F3N2O3/c20-19(21,22)15-7-4-10-23(12-15)16-9-8-14(11-17(16)24(26)27)18(25)13-5-2-1-3-6-13/h1-3,5-6,8-9,11,15H,4,7,10,12H2/t15-/m1/s1. The molecule has 0 spiro atoms. The molecule has 2 aromatic rings. The molecule has 0 saturated carbocycles. The molecule has 1 aliphatic heterocycles. The summed E-state index contributed by atoms with van der Waals surface area (Å²) in [6.07, 6.45) is -4.03. The zero-order valence-electron chi connectivity index (χ0n) is 14.3. The summed E-state index contributed by atoms with van der Waals surface area (Å²) in [5.74, 6) is -1.89. The summed E-state index contributed by atoms with van der Waals surface area (Å²) in [5.41, 5.74) is 0.258. The molecule has 0 aliphatic carbocycles. The SMILES string of the molecule is O=C(c1ccccc1)c1ccc(N2CCC[C@@H](C(F)(F)F)C2)c([N+](=O)[O-])c1. The van der Waals surface area contributed by atoms with Gasteiger partial charge in [-0.1, -0.05) is 30.3 Å². The molecule has 5 nitrogen and oxygen atoms in total. The number of piperidine rings is 1. The third-order valence-electron chi connectivity index (χ3n) is 4.70. The van der Waals surface area contributed by atoms with Gasteiger partial charge in [0.05, 0.1) is 10.8 Å². The molecular formula is C19H17F3N2O3. The van der Waals surface area contributed by atoms with E-state index < -0.39 is 17.0 Å². The lowest BCUT2D eigenvalue weighted by molar-refractivity contribution is -0.384. The van der Waals surface area contributed by atoms with E-state index in [4.69, 9.17) is 0 Å². The van der Waals surface area contributed by atoms with E-state index >= 15 is 0 Å². The van der Waals surface area contributed by atoms with Crippen LogP contribution < -0.4 is 4.90 Å². The molecule has 1 saturated heterocycles. The molecule has 0 unspecified atom stereocenters. The number of hydrogen-bond acceptors (Lipinski definition) is 4. The van der Waals surface area contributed by atoms with Gasteiger partial charge in [-0.15, -0.1) is 0 Å². The first-order valence-corrected chi connectivity index (χ1v) is 8.47. The van der Waals surface area contributed by atoms with Gasteiger partial charge in [0.25, 0.3) is 5.69 Å². The fourth-order valence-electron chi connectivity index (χ4n) is 3.30. The molecule has 1 atom stereocenters. The van der Waals surface area contributed by atoms with E-state index in [9.17, 15) is 28.1 Å². The van der Waals surface area contributed by atoms with Crippen LogP contribution in [0.1, 0.15) is 28.8 Å². The summed E-state index contributed by atoms with van der Waals surface area (Å²) < 4.78 is 39.1. The number of carbonyl (C=O) groups is 1. The van der Waals surface area contributed by atoms with E-state index in [1.165, 1.54) is 17.0 Å². The van der Waals surface area contributed by atoms with Crippen molar-refractivity contribution in [1.82, 2.24) is 0 Å². The quantitative estimate of drug-likeness (QED) is 0.443. The molecule has 0 bridgehead atoms. The fraction of sp³-hybridized carbons (Fsp3) is 0.316. The Kier molecular flexibility index (Phi) is 5.16. The van der Waals surface area contributed by atoms with Crippen LogP contribution in [0.2, 0.25) is 0 Å². The Labute approximate surface area is 153 Å². The first kappa shape index (κ1) is 18.9. The lowest BCUT2D eigenvalue weighted by Gasteiger charge is -2.35. The van der Waals surface area contributed by atoms with Crippen molar-refractivity contribution in [2.24, 2.45) is 5.92 Å². The summed E-state index contributed by atoms with van der Waals surface area (Å²) in [6, 6.07) is 12.2. The van der Waals surface area contributed by atoms with Crippen LogP contribution in [-0.4, -0.2) is 30.0 Å². The lowest BCUT2D eigenvalue weighted by atomic mass is 9.96. The normalized spacial score (nSPS) is 17.6.